The lowest BCUT2D eigenvalue weighted by Gasteiger charge is -1.98. The fourth-order valence-electron chi connectivity index (χ4n) is 1.74. The van der Waals surface area contributed by atoms with Crippen LogP contribution in [0.5, 0.6) is 0 Å². The molecule has 3 heterocycles. The van der Waals surface area contributed by atoms with Gasteiger partial charge in [-0.25, -0.2) is 4.68 Å². The minimum atomic E-state index is -0.250. The third-order valence-corrected chi connectivity index (χ3v) is 3.03. The highest BCUT2D eigenvalue weighted by molar-refractivity contribution is 5.57. The van der Waals surface area contributed by atoms with Crippen molar-refractivity contribution in [3.05, 3.63) is 39.0 Å². The fraction of sp³-hybridized carbons (Fsp3) is 0.273. The molecule has 0 spiro atoms. The molecule has 1 aliphatic heterocycles. The number of nitrogens with two attached hydrogens (primary N) is 2. The van der Waals surface area contributed by atoms with E-state index in [2.05, 4.69) is 0 Å². The first-order valence-electron chi connectivity index (χ1n) is 5.65. The fourth-order valence-corrected chi connectivity index (χ4v) is 1.74. The third kappa shape index (κ3) is 2.07. The summed E-state index contributed by atoms with van der Waals surface area (Å²) in [5, 5.41) is 0. The van der Waals surface area contributed by atoms with Gasteiger partial charge in [0, 0.05) is 32.6 Å². The number of aromatic nitrogens is 4. The molecule has 8 heteroatoms. The van der Waals surface area contributed by atoms with Gasteiger partial charge in [-0.1, -0.05) is 0 Å². The Balaban J connectivity index is 0.000000141. The number of fused-ring (bicyclic) bond motifs is 1. The molecule has 1 aliphatic rings. The molecule has 0 unspecified atom stereocenters. The van der Waals surface area contributed by atoms with Gasteiger partial charge < -0.3 is 11.5 Å². The summed E-state index contributed by atoms with van der Waals surface area (Å²) in [5.74, 6) is 0.313. The molecule has 102 valence electrons. The minimum Gasteiger partial charge on any atom is -0.391 e. The van der Waals surface area contributed by atoms with E-state index in [1.807, 2.05) is 10.8 Å². The maximum atomic E-state index is 10.9. The Bertz CT molecular complexity index is 714. The molecule has 0 radical (unpaired) electrons. The number of nitrogen functional groups attached to an aromatic ring is 2. The molecule has 0 bridgehead atoms. The zero-order chi connectivity index (χ0) is 14.2. The van der Waals surface area contributed by atoms with Crippen molar-refractivity contribution in [3.8, 4) is 0 Å². The summed E-state index contributed by atoms with van der Waals surface area (Å²) in [5.41, 5.74) is 10.7. The van der Waals surface area contributed by atoms with E-state index in [1.54, 1.807) is 37.2 Å². The van der Waals surface area contributed by atoms with Crippen LogP contribution < -0.4 is 22.6 Å². The molecular formula is C11H16N6O2. The number of rotatable bonds is 0. The van der Waals surface area contributed by atoms with Crippen LogP contribution in [0.3, 0.4) is 0 Å². The molecule has 0 aliphatic carbocycles. The Morgan fingerprint density at radius 2 is 1.84 bits per heavy atom. The normalized spacial score (nSPS) is 12.1. The molecule has 2 aromatic heterocycles. The summed E-state index contributed by atoms with van der Waals surface area (Å²) < 4.78 is 6.28. The van der Waals surface area contributed by atoms with E-state index in [4.69, 9.17) is 11.5 Å². The smallest absolute Gasteiger partial charge is 0.291 e. The first kappa shape index (κ1) is 12.8. The molecule has 0 atom stereocenters. The van der Waals surface area contributed by atoms with Gasteiger partial charge >= 0.3 is 0 Å². The van der Waals surface area contributed by atoms with Crippen LogP contribution in [0.1, 0.15) is 0 Å². The quantitative estimate of drug-likeness (QED) is 0.638. The number of hydrogen-bond acceptors (Lipinski definition) is 4. The number of anilines is 2. The molecule has 0 aromatic carbocycles. The molecule has 0 saturated heterocycles. The second-order valence-corrected chi connectivity index (χ2v) is 4.16. The van der Waals surface area contributed by atoms with Crippen LogP contribution in [0.25, 0.3) is 6.20 Å². The van der Waals surface area contributed by atoms with E-state index in [0.29, 0.717) is 5.82 Å². The SMILES string of the molecule is Cn1c(N)c(N)c(=O)n1C.O=c1ccn2n1C=CC2. The largest absolute Gasteiger partial charge is 0.391 e. The standard InChI is InChI=1S/C6H6N2O.C5H10N4O/c9-6-2-5-7-3-1-4-8(6)7;1-8-4(7)3(6)5(10)9(8)2/h1-2,4-5H,3H2;6-7H2,1-2H3. The van der Waals surface area contributed by atoms with Gasteiger partial charge in [0.25, 0.3) is 11.1 Å². The van der Waals surface area contributed by atoms with Crippen molar-refractivity contribution in [2.45, 2.75) is 6.54 Å². The zero-order valence-electron chi connectivity index (χ0n) is 10.8. The first-order valence-corrected chi connectivity index (χ1v) is 5.65. The van der Waals surface area contributed by atoms with E-state index in [1.165, 1.54) is 9.36 Å². The van der Waals surface area contributed by atoms with Gasteiger partial charge in [0.15, 0.2) is 0 Å². The van der Waals surface area contributed by atoms with Gasteiger partial charge in [-0.3, -0.25) is 23.6 Å². The van der Waals surface area contributed by atoms with Crippen molar-refractivity contribution in [2.24, 2.45) is 14.1 Å². The van der Waals surface area contributed by atoms with Crippen molar-refractivity contribution in [1.29, 1.82) is 0 Å². The van der Waals surface area contributed by atoms with E-state index < -0.39 is 0 Å². The van der Waals surface area contributed by atoms with E-state index in [0.717, 1.165) is 6.54 Å². The second-order valence-electron chi connectivity index (χ2n) is 4.16. The van der Waals surface area contributed by atoms with Crippen molar-refractivity contribution in [3.63, 3.8) is 0 Å². The van der Waals surface area contributed by atoms with Crippen LogP contribution in [0.4, 0.5) is 11.5 Å². The van der Waals surface area contributed by atoms with Crippen LogP contribution in [0, 0.1) is 0 Å². The number of hydrogen-bond donors (Lipinski definition) is 2. The van der Waals surface area contributed by atoms with Gasteiger partial charge in [0.1, 0.15) is 11.5 Å². The van der Waals surface area contributed by atoms with Crippen LogP contribution in [0.15, 0.2) is 27.9 Å². The average molecular weight is 264 g/mol. The van der Waals surface area contributed by atoms with Crippen LogP contribution in [0.2, 0.25) is 0 Å². The molecule has 0 amide bonds. The molecular weight excluding hydrogens is 248 g/mol. The summed E-state index contributed by atoms with van der Waals surface area (Å²) in [6.07, 6.45) is 5.51. The predicted molar refractivity (Wildman–Crippen MR) is 73.5 cm³/mol. The summed E-state index contributed by atoms with van der Waals surface area (Å²) in [6.45, 7) is 0.822. The van der Waals surface area contributed by atoms with Crippen molar-refractivity contribution in [1.82, 2.24) is 18.7 Å². The summed E-state index contributed by atoms with van der Waals surface area (Å²) in [4.78, 5) is 21.7. The number of nitrogens with zero attached hydrogens (tertiary/aromatic N) is 4. The highest BCUT2D eigenvalue weighted by Crippen LogP contribution is 2.05. The average Bonchev–Trinajstić information content (AvgIpc) is 3.04. The van der Waals surface area contributed by atoms with Crippen molar-refractivity contribution >= 4 is 17.7 Å². The summed E-state index contributed by atoms with van der Waals surface area (Å²) >= 11 is 0. The molecule has 8 nitrogen and oxygen atoms in total. The molecule has 0 fully saturated rings. The molecule has 0 saturated carbocycles. The Hall–Kier alpha value is -2.64. The Morgan fingerprint density at radius 3 is 2.26 bits per heavy atom. The van der Waals surface area contributed by atoms with E-state index >= 15 is 0 Å². The predicted octanol–water partition coefficient (Wildman–Crippen LogP) is -0.978. The maximum absolute atomic E-state index is 10.9. The monoisotopic (exact) mass is 264 g/mol. The summed E-state index contributed by atoms with van der Waals surface area (Å²) in [7, 11) is 3.28. The molecule has 3 rings (SSSR count). The maximum Gasteiger partial charge on any atom is 0.291 e. The lowest BCUT2D eigenvalue weighted by Crippen LogP contribution is -2.18. The van der Waals surface area contributed by atoms with E-state index in [-0.39, 0.29) is 16.8 Å². The lowest BCUT2D eigenvalue weighted by atomic mass is 10.5. The third-order valence-electron chi connectivity index (χ3n) is 3.03. The van der Waals surface area contributed by atoms with Gasteiger partial charge in [0.2, 0.25) is 0 Å². The highest BCUT2D eigenvalue weighted by Gasteiger charge is 2.07. The Kier molecular flexibility index (Phi) is 3.07. The number of allylic oxidation sites excluding steroid dienone is 1. The van der Waals surface area contributed by atoms with Gasteiger partial charge in [-0.05, 0) is 6.08 Å². The van der Waals surface area contributed by atoms with Gasteiger partial charge in [-0.15, -0.1) is 0 Å². The summed E-state index contributed by atoms with van der Waals surface area (Å²) in [6, 6.07) is 1.56. The lowest BCUT2D eigenvalue weighted by molar-refractivity contribution is 0.586. The van der Waals surface area contributed by atoms with Crippen LogP contribution >= 0.6 is 0 Å². The molecule has 4 N–H and O–H groups in total. The zero-order valence-corrected chi connectivity index (χ0v) is 10.8. The van der Waals surface area contributed by atoms with Gasteiger partial charge in [0.05, 0.1) is 6.54 Å². The first-order chi connectivity index (χ1) is 8.93. The van der Waals surface area contributed by atoms with Gasteiger partial charge in [-0.2, -0.15) is 0 Å². The minimum absolute atomic E-state index is 0.0451. The van der Waals surface area contributed by atoms with Crippen LogP contribution in [-0.4, -0.2) is 18.7 Å². The van der Waals surface area contributed by atoms with Crippen molar-refractivity contribution < 1.29 is 0 Å². The topological polar surface area (TPSA) is 106 Å². The Labute approximate surface area is 108 Å². The molecule has 2 aromatic rings. The van der Waals surface area contributed by atoms with E-state index in [9.17, 15) is 9.59 Å². The van der Waals surface area contributed by atoms with Crippen molar-refractivity contribution in [2.75, 3.05) is 11.5 Å². The second kappa shape index (κ2) is 4.56. The van der Waals surface area contributed by atoms with Crippen LogP contribution in [-0.2, 0) is 20.6 Å². The Morgan fingerprint density at radius 1 is 1.16 bits per heavy atom. The molecule has 19 heavy (non-hydrogen) atoms. The highest BCUT2D eigenvalue weighted by atomic mass is 16.1.